The second-order valence-electron chi connectivity index (χ2n) is 5.62. The number of methoxy groups -OCH3 is 1. The van der Waals surface area contributed by atoms with Gasteiger partial charge in [0, 0.05) is 0 Å². The van der Waals surface area contributed by atoms with Gasteiger partial charge in [-0.2, -0.15) is 0 Å². The molecule has 104 valence electrons. The van der Waals surface area contributed by atoms with Crippen molar-refractivity contribution in [2.45, 2.75) is 32.1 Å². The van der Waals surface area contributed by atoms with Crippen LogP contribution in [0.3, 0.4) is 0 Å². The lowest BCUT2D eigenvalue weighted by Gasteiger charge is -2.26. The van der Waals surface area contributed by atoms with Crippen molar-refractivity contribution < 1.29 is 9.84 Å². The van der Waals surface area contributed by atoms with Gasteiger partial charge in [-0.15, -0.1) is 0 Å². The Morgan fingerprint density at radius 1 is 1.10 bits per heavy atom. The summed E-state index contributed by atoms with van der Waals surface area (Å²) in [7, 11) is 1.71. The summed E-state index contributed by atoms with van der Waals surface area (Å²) >= 11 is 0. The maximum atomic E-state index is 9.56. The molecule has 1 aliphatic carbocycles. The van der Waals surface area contributed by atoms with Crippen molar-refractivity contribution in [3.05, 3.63) is 58.7 Å². The minimum absolute atomic E-state index is 0.378. The van der Waals surface area contributed by atoms with Gasteiger partial charge in [0.2, 0.25) is 0 Å². The number of hydrogen-bond donors (Lipinski definition) is 1. The van der Waals surface area contributed by atoms with Crippen LogP contribution in [0.25, 0.3) is 0 Å². The maximum Gasteiger partial charge on any atom is 0.119 e. The summed E-state index contributed by atoms with van der Waals surface area (Å²) in [5.74, 6) is 1.87. The summed E-state index contributed by atoms with van der Waals surface area (Å²) in [5.41, 5.74) is 5.39. The summed E-state index contributed by atoms with van der Waals surface area (Å²) in [6, 6.07) is 12.1. The normalized spacial score (nSPS) is 17.6. The molecule has 0 heterocycles. The Hall–Kier alpha value is -1.96. The SMILES string of the molecule is COc1ccc(C2CCc3cc(O)ccc3C2)c(C)c1. The third kappa shape index (κ3) is 2.38. The molecule has 0 bridgehead atoms. The van der Waals surface area contributed by atoms with E-state index in [0.717, 1.165) is 25.0 Å². The molecule has 1 aliphatic rings. The number of fused-ring (bicyclic) bond motifs is 1. The topological polar surface area (TPSA) is 29.5 Å². The van der Waals surface area contributed by atoms with E-state index in [4.69, 9.17) is 4.74 Å². The average molecular weight is 268 g/mol. The molecule has 2 nitrogen and oxygen atoms in total. The largest absolute Gasteiger partial charge is 0.508 e. The number of aromatic hydroxyl groups is 1. The van der Waals surface area contributed by atoms with Crippen LogP contribution in [0.1, 0.15) is 34.6 Å². The predicted octanol–water partition coefficient (Wildman–Crippen LogP) is 3.98. The summed E-state index contributed by atoms with van der Waals surface area (Å²) < 4.78 is 5.28. The summed E-state index contributed by atoms with van der Waals surface area (Å²) in [6.45, 7) is 2.16. The van der Waals surface area contributed by atoms with Gasteiger partial charge in [-0.3, -0.25) is 0 Å². The van der Waals surface area contributed by atoms with E-state index in [1.54, 1.807) is 13.2 Å². The highest BCUT2D eigenvalue weighted by molar-refractivity contribution is 5.42. The minimum atomic E-state index is 0.378. The number of phenols is 1. The Labute approximate surface area is 120 Å². The molecular weight excluding hydrogens is 248 g/mol. The van der Waals surface area contributed by atoms with E-state index in [-0.39, 0.29) is 0 Å². The zero-order valence-corrected chi connectivity index (χ0v) is 12.0. The highest BCUT2D eigenvalue weighted by Gasteiger charge is 2.21. The van der Waals surface area contributed by atoms with Gasteiger partial charge in [0.15, 0.2) is 0 Å². The van der Waals surface area contributed by atoms with E-state index < -0.39 is 0 Å². The fraction of sp³-hybridized carbons (Fsp3) is 0.333. The first kappa shape index (κ1) is 13.0. The van der Waals surface area contributed by atoms with Crippen LogP contribution >= 0.6 is 0 Å². The van der Waals surface area contributed by atoms with Crippen molar-refractivity contribution >= 4 is 0 Å². The first-order valence-electron chi connectivity index (χ1n) is 7.12. The van der Waals surface area contributed by atoms with Crippen molar-refractivity contribution in [1.82, 2.24) is 0 Å². The third-order valence-electron chi connectivity index (χ3n) is 4.34. The van der Waals surface area contributed by atoms with Crippen molar-refractivity contribution in [2.24, 2.45) is 0 Å². The third-order valence-corrected chi connectivity index (χ3v) is 4.34. The molecule has 20 heavy (non-hydrogen) atoms. The van der Waals surface area contributed by atoms with E-state index in [2.05, 4.69) is 31.2 Å². The van der Waals surface area contributed by atoms with Crippen molar-refractivity contribution in [2.75, 3.05) is 7.11 Å². The molecule has 0 saturated heterocycles. The van der Waals surface area contributed by atoms with Crippen molar-refractivity contribution in [3.63, 3.8) is 0 Å². The van der Waals surface area contributed by atoms with Crippen molar-refractivity contribution in [3.8, 4) is 11.5 Å². The van der Waals surface area contributed by atoms with Gasteiger partial charge in [-0.1, -0.05) is 12.1 Å². The fourth-order valence-electron chi connectivity index (χ4n) is 3.24. The van der Waals surface area contributed by atoms with E-state index in [1.165, 1.54) is 22.3 Å². The van der Waals surface area contributed by atoms with Crippen LogP contribution in [0.5, 0.6) is 11.5 Å². The van der Waals surface area contributed by atoms with E-state index >= 15 is 0 Å². The zero-order chi connectivity index (χ0) is 14.1. The van der Waals surface area contributed by atoms with Gasteiger partial charge in [0.1, 0.15) is 11.5 Å². The van der Waals surface area contributed by atoms with Gasteiger partial charge in [-0.25, -0.2) is 0 Å². The number of rotatable bonds is 2. The van der Waals surface area contributed by atoms with Crippen LogP contribution in [-0.4, -0.2) is 12.2 Å². The summed E-state index contributed by atoms with van der Waals surface area (Å²) in [6.07, 6.45) is 3.24. The molecule has 2 aromatic carbocycles. The van der Waals surface area contributed by atoms with E-state index in [0.29, 0.717) is 11.7 Å². The minimum Gasteiger partial charge on any atom is -0.508 e. The first-order chi connectivity index (χ1) is 9.67. The molecule has 0 amide bonds. The van der Waals surface area contributed by atoms with Crippen LogP contribution in [-0.2, 0) is 12.8 Å². The van der Waals surface area contributed by atoms with Gasteiger partial charge in [0.25, 0.3) is 0 Å². The fourth-order valence-corrected chi connectivity index (χ4v) is 3.24. The number of phenolic OH excluding ortho intramolecular Hbond substituents is 1. The molecule has 1 atom stereocenters. The Kier molecular flexibility index (Phi) is 3.39. The second-order valence-corrected chi connectivity index (χ2v) is 5.62. The Morgan fingerprint density at radius 2 is 1.95 bits per heavy atom. The number of benzene rings is 2. The predicted molar refractivity (Wildman–Crippen MR) is 80.6 cm³/mol. The van der Waals surface area contributed by atoms with Gasteiger partial charge < -0.3 is 9.84 Å². The van der Waals surface area contributed by atoms with Crippen LogP contribution < -0.4 is 4.74 Å². The zero-order valence-electron chi connectivity index (χ0n) is 12.0. The lowest BCUT2D eigenvalue weighted by Crippen LogP contribution is -2.13. The lowest BCUT2D eigenvalue weighted by molar-refractivity contribution is 0.414. The molecule has 0 spiro atoms. The highest BCUT2D eigenvalue weighted by Crippen LogP contribution is 2.36. The Morgan fingerprint density at radius 3 is 2.70 bits per heavy atom. The van der Waals surface area contributed by atoms with Gasteiger partial charge in [-0.05, 0) is 78.6 Å². The molecule has 2 aromatic rings. The molecule has 0 fully saturated rings. The highest BCUT2D eigenvalue weighted by atomic mass is 16.5. The number of hydrogen-bond acceptors (Lipinski definition) is 2. The second kappa shape index (κ2) is 5.20. The lowest BCUT2D eigenvalue weighted by atomic mass is 9.79. The average Bonchev–Trinajstić information content (AvgIpc) is 2.46. The van der Waals surface area contributed by atoms with Crippen LogP contribution in [0.15, 0.2) is 36.4 Å². The van der Waals surface area contributed by atoms with Crippen LogP contribution in [0.4, 0.5) is 0 Å². The smallest absolute Gasteiger partial charge is 0.119 e. The number of ether oxygens (including phenoxy) is 1. The first-order valence-corrected chi connectivity index (χ1v) is 7.12. The van der Waals surface area contributed by atoms with Gasteiger partial charge in [0.05, 0.1) is 7.11 Å². The molecule has 1 N–H and O–H groups in total. The molecule has 0 aliphatic heterocycles. The molecule has 0 aromatic heterocycles. The molecule has 1 unspecified atom stereocenters. The number of aryl methyl sites for hydroxylation is 2. The molecule has 0 saturated carbocycles. The maximum absolute atomic E-state index is 9.56. The molecule has 3 rings (SSSR count). The molecule has 2 heteroatoms. The molecule has 0 radical (unpaired) electrons. The van der Waals surface area contributed by atoms with Crippen LogP contribution in [0, 0.1) is 6.92 Å². The standard InChI is InChI=1S/C18H20O2/c1-12-9-17(20-2)7-8-18(12)15-4-3-14-11-16(19)6-5-13(14)10-15/h5-9,11,15,19H,3-4,10H2,1-2H3. The summed E-state index contributed by atoms with van der Waals surface area (Å²) in [5, 5.41) is 9.56. The molecular formula is C18H20O2. The van der Waals surface area contributed by atoms with E-state index in [1.807, 2.05) is 6.07 Å². The van der Waals surface area contributed by atoms with Gasteiger partial charge >= 0.3 is 0 Å². The van der Waals surface area contributed by atoms with E-state index in [9.17, 15) is 5.11 Å². The summed E-state index contributed by atoms with van der Waals surface area (Å²) in [4.78, 5) is 0. The quantitative estimate of drug-likeness (QED) is 0.892. The van der Waals surface area contributed by atoms with Crippen LogP contribution in [0.2, 0.25) is 0 Å². The Balaban J connectivity index is 1.88. The van der Waals surface area contributed by atoms with Crippen molar-refractivity contribution in [1.29, 1.82) is 0 Å². The monoisotopic (exact) mass is 268 g/mol. The Bertz CT molecular complexity index is 631.